The molecule has 0 heterocycles. The lowest BCUT2D eigenvalue weighted by molar-refractivity contribution is -0.131. The Labute approximate surface area is 77.3 Å². The van der Waals surface area contributed by atoms with Gasteiger partial charge in [0.2, 0.25) is 0 Å². The first-order valence-electron chi connectivity index (χ1n) is 3.56. The average Bonchev–Trinajstić information content (AvgIpc) is 2.10. The van der Waals surface area contributed by atoms with Crippen LogP contribution in [0.3, 0.4) is 0 Å². The summed E-state index contributed by atoms with van der Waals surface area (Å²) < 4.78 is 37.6. The van der Waals surface area contributed by atoms with Gasteiger partial charge in [-0.25, -0.2) is 18.0 Å². The molecule has 0 unspecified atom stereocenters. The molecule has 0 aromatic heterocycles. The second-order valence-electron chi connectivity index (χ2n) is 2.47. The zero-order valence-corrected chi connectivity index (χ0v) is 6.80. The number of aliphatic carboxylic acids is 1. The van der Waals surface area contributed by atoms with E-state index in [1.54, 1.807) is 0 Å². The van der Waals surface area contributed by atoms with Crippen LogP contribution >= 0.6 is 0 Å². The van der Waals surface area contributed by atoms with Gasteiger partial charge in [-0.05, 0) is 23.8 Å². The number of rotatable bonds is 2. The Bertz CT molecular complexity index is 376. The predicted octanol–water partition coefficient (Wildman–Crippen LogP) is 2.20. The molecule has 0 aliphatic rings. The van der Waals surface area contributed by atoms with Crippen molar-refractivity contribution in [2.75, 3.05) is 0 Å². The average molecular weight is 202 g/mol. The topological polar surface area (TPSA) is 37.3 Å². The van der Waals surface area contributed by atoms with E-state index in [1.807, 2.05) is 0 Å². The standard InChI is InChI=1S/C9H5F3O2/c10-6-3-5(1-2-8(13)14)4-7(11)9(6)12/h1-4H,(H,13,14). The molecule has 0 spiro atoms. The van der Waals surface area contributed by atoms with Crippen LogP contribution in [0.2, 0.25) is 0 Å². The summed E-state index contributed by atoms with van der Waals surface area (Å²) in [4.78, 5) is 10.1. The monoisotopic (exact) mass is 202 g/mol. The highest BCUT2D eigenvalue weighted by Crippen LogP contribution is 2.14. The molecule has 1 aromatic rings. The maximum absolute atomic E-state index is 12.6. The van der Waals surface area contributed by atoms with E-state index in [0.717, 1.165) is 6.08 Å². The van der Waals surface area contributed by atoms with Crippen LogP contribution in [0.1, 0.15) is 5.56 Å². The highest BCUT2D eigenvalue weighted by molar-refractivity contribution is 5.85. The fourth-order valence-electron chi connectivity index (χ4n) is 0.839. The van der Waals surface area contributed by atoms with Gasteiger partial charge in [-0.2, -0.15) is 0 Å². The summed E-state index contributed by atoms with van der Waals surface area (Å²) in [6.45, 7) is 0. The van der Waals surface area contributed by atoms with E-state index in [4.69, 9.17) is 5.11 Å². The number of carboxylic acids is 1. The fraction of sp³-hybridized carbons (Fsp3) is 0. The number of carboxylic acid groups (broad SMARTS) is 1. The van der Waals surface area contributed by atoms with Crippen LogP contribution in [-0.2, 0) is 4.79 Å². The van der Waals surface area contributed by atoms with Crippen LogP contribution in [-0.4, -0.2) is 11.1 Å². The Kier molecular flexibility index (Phi) is 2.91. The van der Waals surface area contributed by atoms with Crippen molar-refractivity contribution in [1.29, 1.82) is 0 Å². The van der Waals surface area contributed by atoms with Gasteiger partial charge >= 0.3 is 5.97 Å². The van der Waals surface area contributed by atoms with Gasteiger partial charge in [0.1, 0.15) is 0 Å². The minimum absolute atomic E-state index is 0.0520. The minimum atomic E-state index is -1.57. The molecule has 1 aromatic carbocycles. The molecule has 14 heavy (non-hydrogen) atoms. The van der Waals surface area contributed by atoms with Crippen LogP contribution in [0.5, 0.6) is 0 Å². The van der Waals surface area contributed by atoms with E-state index in [9.17, 15) is 18.0 Å². The predicted molar refractivity (Wildman–Crippen MR) is 43.0 cm³/mol. The third-order valence-corrected chi connectivity index (χ3v) is 1.42. The van der Waals surface area contributed by atoms with Crippen LogP contribution in [0.15, 0.2) is 18.2 Å². The number of hydrogen-bond acceptors (Lipinski definition) is 1. The molecule has 0 radical (unpaired) electrons. The SMILES string of the molecule is O=C(O)C=Cc1cc(F)c(F)c(F)c1. The van der Waals surface area contributed by atoms with Gasteiger partial charge in [0, 0.05) is 6.08 Å². The van der Waals surface area contributed by atoms with Gasteiger partial charge in [0.05, 0.1) is 0 Å². The highest BCUT2D eigenvalue weighted by Gasteiger charge is 2.08. The lowest BCUT2D eigenvalue weighted by Crippen LogP contribution is -1.92. The van der Waals surface area contributed by atoms with Crippen molar-refractivity contribution in [3.05, 3.63) is 41.2 Å². The lowest BCUT2D eigenvalue weighted by atomic mass is 10.2. The largest absolute Gasteiger partial charge is 0.478 e. The first-order valence-corrected chi connectivity index (χ1v) is 3.56. The van der Waals surface area contributed by atoms with E-state index in [-0.39, 0.29) is 5.56 Å². The van der Waals surface area contributed by atoms with Gasteiger partial charge < -0.3 is 5.11 Å². The van der Waals surface area contributed by atoms with Gasteiger partial charge in [-0.15, -0.1) is 0 Å². The Morgan fingerprint density at radius 2 is 1.71 bits per heavy atom. The fourth-order valence-corrected chi connectivity index (χ4v) is 0.839. The normalized spacial score (nSPS) is 10.8. The molecular formula is C9H5F3O2. The number of carbonyl (C=O) groups is 1. The third-order valence-electron chi connectivity index (χ3n) is 1.42. The van der Waals surface area contributed by atoms with Crippen molar-refractivity contribution in [3.8, 4) is 0 Å². The molecule has 0 saturated carbocycles. The van der Waals surface area contributed by atoms with Gasteiger partial charge in [-0.3, -0.25) is 0 Å². The van der Waals surface area contributed by atoms with Gasteiger partial charge in [0.15, 0.2) is 17.5 Å². The molecule has 0 fully saturated rings. The van der Waals surface area contributed by atoms with Crippen molar-refractivity contribution in [2.24, 2.45) is 0 Å². The highest BCUT2D eigenvalue weighted by atomic mass is 19.2. The molecule has 74 valence electrons. The summed E-state index contributed by atoms with van der Waals surface area (Å²) in [5.41, 5.74) is -0.0520. The summed E-state index contributed by atoms with van der Waals surface area (Å²) in [5, 5.41) is 8.22. The maximum Gasteiger partial charge on any atom is 0.328 e. The third kappa shape index (κ3) is 2.35. The molecule has 0 saturated heterocycles. The van der Waals surface area contributed by atoms with Gasteiger partial charge in [-0.1, -0.05) is 0 Å². The molecular weight excluding hydrogens is 197 g/mol. The Balaban J connectivity index is 3.07. The zero-order valence-electron chi connectivity index (χ0n) is 6.80. The first kappa shape index (κ1) is 10.3. The molecule has 1 N–H and O–H groups in total. The lowest BCUT2D eigenvalue weighted by Gasteiger charge is -1.97. The summed E-state index contributed by atoms with van der Waals surface area (Å²) in [6, 6.07) is 1.41. The summed E-state index contributed by atoms with van der Waals surface area (Å²) in [6.07, 6.45) is 1.67. The molecule has 0 amide bonds. The molecule has 2 nitrogen and oxygen atoms in total. The Hall–Kier alpha value is -1.78. The molecule has 0 aliphatic carbocycles. The van der Waals surface area contributed by atoms with E-state index < -0.39 is 23.4 Å². The summed E-state index contributed by atoms with van der Waals surface area (Å²) in [7, 11) is 0. The van der Waals surface area contributed by atoms with Crippen LogP contribution < -0.4 is 0 Å². The number of halogens is 3. The van der Waals surface area contributed by atoms with Crippen molar-refractivity contribution < 1.29 is 23.1 Å². The zero-order chi connectivity index (χ0) is 10.7. The summed E-state index contributed by atoms with van der Waals surface area (Å²) in [5.74, 6) is -5.53. The smallest absolute Gasteiger partial charge is 0.328 e. The minimum Gasteiger partial charge on any atom is -0.478 e. The van der Waals surface area contributed by atoms with Crippen molar-refractivity contribution in [2.45, 2.75) is 0 Å². The van der Waals surface area contributed by atoms with Crippen LogP contribution in [0.25, 0.3) is 6.08 Å². The van der Waals surface area contributed by atoms with Crippen LogP contribution in [0, 0.1) is 17.5 Å². The number of benzene rings is 1. The molecule has 5 heteroatoms. The van der Waals surface area contributed by atoms with E-state index >= 15 is 0 Å². The first-order chi connectivity index (χ1) is 6.50. The van der Waals surface area contributed by atoms with Crippen molar-refractivity contribution in [1.82, 2.24) is 0 Å². The van der Waals surface area contributed by atoms with Crippen LogP contribution in [0.4, 0.5) is 13.2 Å². The Morgan fingerprint density at radius 3 is 2.14 bits per heavy atom. The van der Waals surface area contributed by atoms with E-state index in [1.165, 1.54) is 0 Å². The second-order valence-corrected chi connectivity index (χ2v) is 2.47. The quantitative estimate of drug-likeness (QED) is 0.589. The molecule has 0 atom stereocenters. The van der Waals surface area contributed by atoms with Crippen molar-refractivity contribution in [3.63, 3.8) is 0 Å². The van der Waals surface area contributed by atoms with Crippen molar-refractivity contribution >= 4 is 12.0 Å². The maximum atomic E-state index is 12.6. The van der Waals surface area contributed by atoms with Gasteiger partial charge in [0.25, 0.3) is 0 Å². The number of hydrogen-bond donors (Lipinski definition) is 1. The van der Waals surface area contributed by atoms with E-state index in [2.05, 4.69) is 0 Å². The van der Waals surface area contributed by atoms with E-state index in [0.29, 0.717) is 18.2 Å². The molecule has 0 aliphatic heterocycles. The Morgan fingerprint density at radius 1 is 1.21 bits per heavy atom. The second kappa shape index (κ2) is 3.95. The summed E-state index contributed by atoms with van der Waals surface area (Å²) >= 11 is 0. The molecule has 0 bridgehead atoms. The molecule has 1 rings (SSSR count).